The summed E-state index contributed by atoms with van der Waals surface area (Å²) in [5, 5.41) is 0. The van der Waals surface area contributed by atoms with Crippen molar-refractivity contribution in [1.82, 2.24) is 9.55 Å². The zero-order chi connectivity index (χ0) is 15.1. The van der Waals surface area contributed by atoms with E-state index >= 15 is 0 Å². The van der Waals surface area contributed by atoms with E-state index in [-0.39, 0.29) is 11.4 Å². The first kappa shape index (κ1) is 14.7. The molecule has 0 radical (unpaired) electrons. The van der Waals surface area contributed by atoms with Crippen molar-refractivity contribution in [3.8, 4) is 0 Å². The second-order valence-electron chi connectivity index (χ2n) is 4.93. The average Bonchev–Trinajstić information content (AvgIpc) is 2.66. The fraction of sp³-hybridized carbons (Fsp3) is 0.500. The topological polar surface area (TPSA) is 37.8 Å². The number of halogens is 3. The van der Waals surface area contributed by atoms with E-state index in [0.29, 0.717) is 5.52 Å². The van der Waals surface area contributed by atoms with E-state index in [1.54, 1.807) is 0 Å². The molecule has 0 aliphatic heterocycles. The Morgan fingerprint density at radius 1 is 1.25 bits per heavy atom. The van der Waals surface area contributed by atoms with Crippen LogP contribution in [0, 0.1) is 0 Å². The molecule has 0 saturated heterocycles. The maximum atomic E-state index is 13.0. The number of benzene rings is 1. The van der Waals surface area contributed by atoms with Gasteiger partial charge in [0.05, 0.1) is 16.6 Å². The highest BCUT2D eigenvalue weighted by atomic mass is 19.4. The summed E-state index contributed by atoms with van der Waals surface area (Å²) in [4.78, 5) is 14.0. The van der Waals surface area contributed by atoms with Gasteiger partial charge in [-0.25, -0.2) is 4.79 Å². The van der Waals surface area contributed by atoms with Crippen LogP contribution in [0.25, 0.3) is 11.0 Å². The second-order valence-corrected chi connectivity index (χ2v) is 4.93. The maximum absolute atomic E-state index is 13.0. The van der Waals surface area contributed by atoms with Gasteiger partial charge < -0.3 is 4.98 Å². The van der Waals surface area contributed by atoms with Gasteiger partial charge in [0.25, 0.3) is 0 Å². The van der Waals surface area contributed by atoms with Crippen LogP contribution in [0.15, 0.2) is 16.9 Å². The van der Waals surface area contributed by atoms with Crippen LogP contribution < -0.4 is 5.69 Å². The Morgan fingerprint density at radius 3 is 2.35 bits per heavy atom. The van der Waals surface area contributed by atoms with E-state index < -0.39 is 17.4 Å². The number of imidazole rings is 1. The quantitative estimate of drug-likeness (QED) is 0.916. The molecule has 0 spiro atoms. The molecule has 1 aromatic heterocycles. The fourth-order valence-electron chi connectivity index (χ4n) is 2.68. The van der Waals surface area contributed by atoms with Gasteiger partial charge in [-0.2, -0.15) is 13.2 Å². The highest BCUT2D eigenvalue weighted by Crippen LogP contribution is 2.37. The molecular formula is C14H17F3N2O. The molecule has 0 aliphatic rings. The summed E-state index contributed by atoms with van der Waals surface area (Å²) < 4.78 is 40.3. The predicted octanol–water partition coefficient (Wildman–Crippen LogP) is 3.79. The number of nitrogens with zero attached hydrogens (tertiary/aromatic N) is 1. The van der Waals surface area contributed by atoms with Crippen LogP contribution in [0.5, 0.6) is 0 Å². The van der Waals surface area contributed by atoms with Crippen LogP contribution in [0.1, 0.15) is 43.7 Å². The summed E-state index contributed by atoms with van der Waals surface area (Å²) in [5.74, 6) is 0.140. The van der Waals surface area contributed by atoms with Gasteiger partial charge in [-0.05, 0) is 30.4 Å². The number of aromatic nitrogens is 2. The number of alkyl halides is 3. The molecule has 1 N–H and O–H groups in total. The summed E-state index contributed by atoms with van der Waals surface area (Å²) in [6, 6.07) is 2.56. The molecule has 0 saturated carbocycles. The van der Waals surface area contributed by atoms with Crippen molar-refractivity contribution in [2.24, 2.45) is 7.05 Å². The highest BCUT2D eigenvalue weighted by molar-refractivity contribution is 5.83. The van der Waals surface area contributed by atoms with Gasteiger partial charge in [0.2, 0.25) is 0 Å². The number of nitrogens with one attached hydrogen (secondary N) is 1. The number of H-pyrrole nitrogens is 1. The van der Waals surface area contributed by atoms with E-state index in [0.717, 1.165) is 24.5 Å². The van der Waals surface area contributed by atoms with E-state index in [1.807, 2.05) is 13.8 Å². The van der Waals surface area contributed by atoms with Gasteiger partial charge in [0, 0.05) is 7.05 Å². The van der Waals surface area contributed by atoms with Gasteiger partial charge in [0.1, 0.15) is 0 Å². The number of fused-ring (bicyclic) bond motifs is 1. The molecule has 1 aromatic carbocycles. The van der Waals surface area contributed by atoms with Crippen molar-refractivity contribution in [2.45, 2.75) is 38.8 Å². The summed E-state index contributed by atoms with van der Waals surface area (Å²) >= 11 is 0. The minimum Gasteiger partial charge on any atom is -0.305 e. The van der Waals surface area contributed by atoms with Crippen molar-refractivity contribution in [3.63, 3.8) is 0 Å². The lowest BCUT2D eigenvalue weighted by Crippen LogP contribution is -2.13. The standard InChI is InChI=1S/C14H17F3N2O/c1-4-8(5-2)9-6-7-10(14(15,16)17)11-12(9)19(3)13(20)18-11/h6-8H,4-5H2,1-3H3,(H,18,20). The van der Waals surface area contributed by atoms with E-state index in [4.69, 9.17) is 0 Å². The number of aryl methyl sites for hydroxylation is 1. The molecule has 0 unspecified atom stereocenters. The minimum atomic E-state index is -4.48. The van der Waals surface area contributed by atoms with Crippen molar-refractivity contribution < 1.29 is 13.2 Å². The Hall–Kier alpha value is -1.72. The Labute approximate surface area is 114 Å². The van der Waals surface area contributed by atoms with Gasteiger partial charge in [-0.15, -0.1) is 0 Å². The van der Waals surface area contributed by atoms with Crippen LogP contribution in [0.4, 0.5) is 13.2 Å². The van der Waals surface area contributed by atoms with Crippen molar-refractivity contribution >= 4 is 11.0 Å². The molecule has 0 atom stereocenters. The molecule has 2 aromatic rings. The summed E-state index contributed by atoms with van der Waals surface area (Å²) in [5.41, 5.74) is -0.282. The lowest BCUT2D eigenvalue weighted by Gasteiger charge is -2.17. The van der Waals surface area contributed by atoms with Gasteiger partial charge in [0.15, 0.2) is 0 Å². The number of hydrogen-bond acceptors (Lipinski definition) is 1. The monoisotopic (exact) mass is 286 g/mol. The molecule has 0 aliphatic carbocycles. The maximum Gasteiger partial charge on any atom is 0.418 e. The van der Waals surface area contributed by atoms with Crippen molar-refractivity contribution in [3.05, 3.63) is 33.7 Å². The molecule has 2 rings (SSSR count). The first-order valence-corrected chi connectivity index (χ1v) is 6.60. The first-order chi connectivity index (χ1) is 9.31. The van der Waals surface area contributed by atoms with Crippen LogP contribution in [-0.2, 0) is 13.2 Å². The number of aromatic amines is 1. The summed E-state index contributed by atoms with van der Waals surface area (Å²) in [7, 11) is 1.49. The average molecular weight is 286 g/mol. The molecule has 6 heteroatoms. The lowest BCUT2D eigenvalue weighted by molar-refractivity contribution is -0.136. The fourth-order valence-corrected chi connectivity index (χ4v) is 2.68. The lowest BCUT2D eigenvalue weighted by atomic mass is 9.91. The molecular weight excluding hydrogens is 269 g/mol. The molecule has 20 heavy (non-hydrogen) atoms. The molecule has 110 valence electrons. The predicted molar refractivity (Wildman–Crippen MR) is 71.9 cm³/mol. The summed E-state index contributed by atoms with van der Waals surface area (Å²) in [6.07, 6.45) is -2.85. The first-order valence-electron chi connectivity index (χ1n) is 6.60. The molecule has 0 amide bonds. The van der Waals surface area contributed by atoms with E-state index in [2.05, 4.69) is 4.98 Å². The van der Waals surface area contributed by atoms with Crippen LogP contribution in [0.2, 0.25) is 0 Å². The Kier molecular flexibility index (Phi) is 3.67. The third-order valence-electron chi connectivity index (χ3n) is 3.81. The normalized spacial score (nSPS) is 12.6. The third-order valence-corrected chi connectivity index (χ3v) is 3.81. The molecule has 3 nitrogen and oxygen atoms in total. The Morgan fingerprint density at radius 2 is 1.85 bits per heavy atom. The molecule has 0 fully saturated rings. The number of hydrogen-bond donors (Lipinski definition) is 1. The SMILES string of the molecule is CCC(CC)c1ccc(C(F)(F)F)c2[nH]c(=O)n(C)c12. The minimum absolute atomic E-state index is 0.116. The van der Waals surface area contributed by atoms with Crippen LogP contribution in [0.3, 0.4) is 0 Å². The van der Waals surface area contributed by atoms with Crippen LogP contribution >= 0.6 is 0 Å². The third kappa shape index (κ3) is 2.23. The van der Waals surface area contributed by atoms with Gasteiger partial charge in [-0.1, -0.05) is 19.9 Å². The van der Waals surface area contributed by atoms with E-state index in [1.165, 1.54) is 17.7 Å². The Balaban J connectivity index is 2.85. The zero-order valence-corrected chi connectivity index (χ0v) is 11.6. The van der Waals surface area contributed by atoms with E-state index in [9.17, 15) is 18.0 Å². The number of rotatable bonds is 3. The Bertz CT molecular complexity index is 678. The largest absolute Gasteiger partial charge is 0.418 e. The van der Waals surface area contributed by atoms with Crippen molar-refractivity contribution in [2.75, 3.05) is 0 Å². The van der Waals surface area contributed by atoms with Gasteiger partial charge >= 0.3 is 11.9 Å². The zero-order valence-electron chi connectivity index (χ0n) is 11.6. The smallest absolute Gasteiger partial charge is 0.305 e. The van der Waals surface area contributed by atoms with Crippen molar-refractivity contribution in [1.29, 1.82) is 0 Å². The molecule has 0 bridgehead atoms. The van der Waals surface area contributed by atoms with Gasteiger partial charge in [-0.3, -0.25) is 4.57 Å². The van der Waals surface area contributed by atoms with Crippen LogP contribution in [-0.4, -0.2) is 9.55 Å². The highest BCUT2D eigenvalue weighted by Gasteiger charge is 2.34. The summed E-state index contributed by atoms with van der Waals surface area (Å²) in [6.45, 7) is 3.98. The second kappa shape index (κ2) is 5.00. The molecule has 1 heterocycles.